The number of aliphatic hydroxyl groups is 1. The van der Waals surface area contributed by atoms with Gasteiger partial charge in [-0.2, -0.15) is 0 Å². The molecule has 0 aliphatic heterocycles. The summed E-state index contributed by atoms with van der Waals surface area (Å²) in [5, 5.41) is 10.6. The fourth-order valence-electron chi connectivity index (χ4n) is 10.1. The number of hydrogen-bond acceptors (Lipinski definition) is 15. The molecule has 0 saturated heterocycles. The molecular weight excluding hydrogens is 1310 g/mol. The third kappa shape index (κ3) is 71.8. The Balaban J connectivity index is 5.40. The number of carbonyl (C=O) groups is 4. The summed E-state index contributed by atoms with van der Waals surface area (Å²) in [5.41, 5.74) is 0. The van der Waals surface area contributed by atoms with Gasteiger partial charge in [0.15, 0.2) is 12.2 Å². The van der Waals surface area contributed by atoms with Crippen LogP contribution in [-0.2, 0) is 65.4 Å². The van der Waals surface area contributed by atoms with Crippen LogP contribution in [-0.4, -0.2) is 96.7 Å². The predicted octanol–water partition coefficient (Wildman–Crippen LogP) is 22.3. The lowest BCUT2D eigenvalue weighted by molar-refractivity contribution is -0.161. The van der Waals surface area contributed by atoms with E-state index in [-0.39, 0.29) is 25.7 Å². The van der Waals surface area contributed by atoms with Crippen LogP contribution in [0.1, 0.15) is 310 Å². The highest BCUT2D eigenvalue weighted by atomic mass is 31.2. The molecule has 0 amide bonds. The van der Waals surface area contributed by atoms with E-state index >= 15 is 0 Å². The van der Waals surface area contributed by atoms with Gasteiger partial charge in [-0.1, -0.05) is 290 Å². The van der Waals surface area contributed by atoms with Crippen LogP contribution in [0.15, 0.2) is 122 Å². The van der Waals surface area contributed by atoms with Crippen LogP contribution in [0.25, 0.3) is 0 Å². The molecule has 0 aliphatic carbocycles. The van der Waals surface area contributed by atoms with Gasteiger partial charge in [0.05, 0.1) is 26.4 Å². The Morgan fingerprint density at radius 3 is 0.900 bits per heavy atom. The fourth-order valence-corrected chi connectivity index (χ4v) is 11.6. The summed E-state index contributed by atoms with van der Waals surface area (Å²) in [6.45, 7) is 4.51. The molecule has 0 aliphatic rings. The van der Waals surface area contributed by atoms with E-state index in [1.807, 2.05) is 18.2 Å². The number of phosphoric acid groups is 2. The second-order valence-electron chi connectivity index (χ2n) is 25.5. The molecule has 3 N–H and O–H groups in total. The molecule has 17 nitrogen and oxygen atoms in total. The highest BCUT2D eigenvalue weighted by Crippen LogP contribution is 2.45. The maximum absolute atomic E-state index is 13.1. The molecule has 0 fully saturated rings. The zero-order chi connectivity index (χ0) is 73.2. The lowest BCUT2D eigenvalue weighted by atomic mass is 10.0. The van der Waals surface area contributed by atoms with Gasteiger partial charge in [-0.25, -0.2) is 9.13 Å². The number of esters is 4. The predicted molar refractivity (Wildman–Crippen MR) is 408 cm³/mol. The smallest absolute Gasteiger partial charge is 0.462 e. The summed E-state index contributed by atoms with van der Waals surface area (Å²) in [5.74, 6) is -2.29. The molecule has 0 heterocycles. The number of ether oxygens (including phenoxy) is 4. The van der Waals surface area contributed by atoms with Crippen LogP contribution in [0.5, 0.6) is 0 Å². The summed E-state index contributed by atoms with van der Waals surface area (Å²) < 4.78 is 68.4. The van der Waals surface area contributed by atoms with Gasteiger partial charge in [-0.05, 0) is 116 Å². The van der Waals surface area contributed by atoms with Gasteiger partial charge >= 0.3 is 39.5 Å². The molecule has 19 heteroatoms. The van der Waals surface area contributed by atoms with E-state index in [0.29, 0.717) is 32.1 Å². The molecule has 5 atom stereocenters. The van der Waals surface area contributed by atoms with Crippen LogP contribution in [0.4, 0.5) is 0 Å². The molecule has 0 rings (SSSR count). The number of allylic oxidation sites excluding steroid dienone is 20. The Morgan fingerprint density at radius 2 is 0.550 bits per heavy atom. The zero-order valence-corrected chi connectivity index (χ0v) is 64.4. The zero-order valence-electron chi connectivity index (χ0n) is 62.6. The first-order valence-electron chi connectivity index (χ1n) is 38.8. The largest absolute Gasteiger partial charge is 0.472 e. The highest BCUT2D eigenvalue weighted by molar-refractivity contribution is 7.47. The first kappa shape index (κ1) is 95.5. The Labute approximate surface area is 606 Å². The molecule has 5 unspecified atom stereocenters. The number of carbonyl (C=O) groups excluding carboxylic acids is 4. The average Bonchev–Trinajstić information content (AvgIpc) is 0.985. The number of aliphatic hydroxyl groups excluding tert-OH is 1. The summed E-state index contributed by atoms with van der Waals surface area (Å²) in [4.78, 5) is 72.8. The van der Waals surface area contributed by atoms with Gasteiger partial charge in [0.2, 0.25) is 0 Å². The van der Waals surface area contributed by atoms with Crippen molar-refractivity contribution >= 4 is 39.5 Å². The fraction of sp³-hybridized carbons (Fsp3) is 0.704. The van der Waals surface area contributed by atoms with E-state index in [2.05, 4.69) is 131 Å². The van der Waals surface area contributed by atoms with E-state index in [1.54, 1.807) is 0 Å². The van der Waals surface area contributed by atoms with Crippen LogP contribution < -0.4 is 0 Å². The first-order valence-corrected chi connectivity index (χ1v) is 41.8. The van der Waals surface area contributed by atoms with Crippen molar-refractivity contribution in [1.82, 2.24) is 0 Å². The summed E-state index contributed by atoms with van der Waals surface area (Å²) >= 11 is 0. The van der Waals surface area contributed by atoms with E-state index < -0.39 is 97.5 Å². The SMILES string of the molecule is CC/C=C\C/C=C\C/C=C\C/C=C\C/C=C\C/C=C\CCC(=O)OCC(COP(=O)(O)OCC(O)COP(=O)(O)OCC(COC(=O)CCCCCCC/C=C\C/C=C\C/C=C\CC)OC(=O)CCCCCCC/C=C\CCCC)OC(=O)CCCCCCCCCCCCCCCCC. The van der Waals surface area contributed by atoms with Crippen LogP contribution >= 0.6 is 15.6 Å². The van der Waals surface area contributed by atoms with E-state index in [1.165, 1.54) is 77.0 Å². The van der Waals surface area contributed by atoms with Crippen molar-refractivity contribution in [1.29, 1.82) is 0 Å². The van der Waals surface area contributed by atoms with Crippen molar-refractivity contribution in [2.24, 2.45) is 0 Å². The lowest BCUT2D eigenvalue weighted by Crippen LogP contribution is -2.30. The van der Waals surface area contributed by atoms with Crippen molar-refractivity contribution < 1.29 is 80.2 Å². The molecule has 0 aromatic heterocycles. The van der Waals surface area contributed by atoms with Gasteiger partial charge in [0.25, 0.3) is 0 Å². The van der Waals surface area contributed by atoms with Crippen LogP contribution in [0.3, 0.4) is 0 Å². The van der Waals surface area contributed by atoms with Gasteiger partial charge in [-0.3, -0.25) is 37.3 Å². The molecule has 0 bridgehead atoms. The summed E-state index contributed by atoms with van der Waals surface area (Å²) in [7, 11) is -9.97. The molecule has 100 heavy (non-hydrogen) atoms. The second-order valence-corrected chi connectivity index (χ2v) is 28.4. The Kier molecular flexibility index (Phi) is 69.5. The minimum Gasteiger partial charge on any atom is -0.462 e. The maximum Gasteiger partial charge on any atom is 0.472 e. The van der Waals surface area contributed by atoms with Crippen LogP contribution in [0, 0.1) is 0 Å². The normalized spacial score (nSPS) is 14.6. The second kappa shape index (κ2) is 72.8. The Bertz CT molecular complexity index is 2370. The molecule has 0 radical (unpaired) electrons. The standard InChI is InChI=1S/C81H138O17P2/c1-5-9-13-17-21-25-29-32-35-36-37-38-41-43-47-50-54-58-62-66-79(84)92-72-77(98-81(86)68-64-60-56-52-48-44-40-34-31-27-23-19-15-11-7-3)74-96-100(89,90)94-70-75(82)69-93-99(87,88)95-73-76(97-80(85)67-63-59-55-51-45-28-24-20-16-12-8-4)71-91-78(83)65-61-57-53-49-46-42-39-33-30-26-22-18-14-10-6-2/h9-10,13-14,20-22,24-26,32-33,35,37-39,43,47,54,58,75-77,82H,5-8,11-12,15-19,23,27-31,34,36,40-42,44-46,48-53,55-57,59-74H2,1-4H3,(H,87,88)(H,89,90)/b13-9-,14-10-,24-20-,25-21-,26-22-,35-32-,38-37-,39-33-,47-43-,58-54-. The minimum atomic E-state index is -4.99. The van der Waals surface area contributed by atoms with Crippen molar-refractivity contribution in [3.63, 3.8) is 0 Å². The molecular formula is C81H138O17P2. The third-order valence-electron chi connectivity index (χ3n) is 15.9. The lowest BCUT2D eigenvalue weighted by Gasteiger charge is -2.21. The van der Waals surface area contributed by atoms with E-state index in [0.717, 1.165) is 148 Å². The monoisotopic (exact) mass is 1440 g/mol. The van der Waals surface area contributed by atoms with Gasteiger partial charge in [0, 0.05) is 25.7 Å². The summed E-state index contributed by atoms with van der Waals surface area (Å²) in [6.07, 6.45) is 79.2. The minimum absolute atomic E-state index is 0.0361. The third-order valence-corrected chi connectivity index (χ3v) is 17.8. The first-order chi connectivity index (χ1) is 48.7. The van der Waals surface area contributed by atoms with Crippen molar-refractivity contribution in [2.75, 3.05) is 39.6 Å². The average molecular weight is 1450 g/mol. The van der Waals surface area contributed by atoms with Crippen molar-refractivity contribution in [3.8, 4) is 0 Å². The Hall–Kier alpha value is -4.54. The molecule has 574 valence electrons. The van der Waals surface area contributed by atoms with E-state index in [9.17, 15) is 43.2 Å². The molecule has 0 aromatic rings. The van der Waals surface area contributed by atoms with E-state index in [4.69, 9.17) is 37.0 Å². The Morgan fingerprint density at radius 1 is 0.290 bits per heavy atom. The highest BCUT2D eigenvalue weighted by Gasteiger charge is 2.30. The topological polar surface area (TPSA) is 237 Å². The van der Waals surface area contributed by atoms with Gasteiger partial charge in [-0.15, -0.1) is 0 Å². The van der Waals surface area contributed by atoms with Crippen LogP contribution in [0.2, 0.25) is 0 Å². The number of hydrogen-bond donors (Lipinski definition) is 3. The number of rotatable bonds is 72. The quantitative estimate of drug-likeness (QED) is 0.0169. The maximum atomic E-state index is 13.1. The van der Waals surface area contributed by atoms with Gasteiger partial charge < -0.3 is 33.8 Å². The number of phosphoric ester groups is 2. The van der Waals surface area contributed by atoms with Crippen molar-refractivity contribution in [3.05, 3.63) is 122 Å². The number of unbranched alkanes of at least 4 members (excludes halogenated alkanes) is 26. The van der Waals surface area contributed by atoms with Crippen molar-refractivity contribution in [2.45, 2.75) is 329 Å². The molecule has 0 saturated carbocycles. The van der Waals surface area contributed by atoms with Gasteiger partial charge in [0.1, 0.15) is 19.3 Å². The summed E-state index contributed by atoms with van der Waals surface area (Å²) in [6, 6.07) is 0. The molecule has 0 spiro atoms. The molecule has 0 aromatic carbocycles.